The largest absolute Gasteiger partial charge is 0.465 e. The standard InChI is InChI=1S/C16H20F5N3O2/c1-8(2)7-9-10(15(25)26-3)11(14(17)18)23-13(16(19,20)21)12(9)24-6-4-5-22-24/h8,14,22H,4-7H2,1-3H3. The molecule has 1 aromatic heterocycles. The second-order valence-electron chi connectivity index (χ2n) is 6.35. The molecule has 26 heavy (non-hydrogen) atoms. The van der Waals surface area contributed by atoms with Crippen LogP contribution in [0.2, 0.25) is 0 Å². The van der Waals surface area contributed by atoms with Crippen LogP contribution in [0.4, 0.5) is 27.6 Å². The Morgan fingerprint density at radius 2 is 2.00 bits per heavy atom. The Morgan fingerprint density at radius 1 is 1.35 bits per heavy atom. The summed E-state index contributed by atoms with van der Waals surface area (Å²) in [6.07, 6.45) is -7.74. The zero-order chi connectivity index (χ0) is 19.6. The van der Waals surface area contributed by atoms with Gasteiger partial charge >= 0.3 is 12.1 Å². The molecule has 1 aliphatic heterocycles. The van der Waals surface area contributed by atoms with Crippen LogP contribution in [0.25, 0.3) is 0 Å². The monoisotopic (exact) mass is 381 g/mol. The zero-order valence-corrected chi connectivity index (χ0v) is 14.6. The van der Waals surface area contributed by atoms with E-state index in [9.17, 15) is 26.7 Å². The van der Waals surface area contributed by atoms with Crippen molar-refractivity contribution in [2.75, 3.05) is 25.2 Å². The summed E-state index contributed by atoms with van der Waals surface area (Å²) in [5, 5.41) is 1.23. The highest BCUT2D eigenvalue weighted by atomic mass is 19.4. The van der Waals surface area contributed by atoms with Crippen molar-refractivity contribution in [2.45, 2.75) is 39.3 Å². The molecule has 0 amide bonds. The SMILES string of the molecule is COC(=O)c1c(C(F)F)nc(C(F)(F)F)c(N2CCCN2)c1CC(C)C. The Kier molecular flexibility index (Phi) is 6.05. The van der Waals surface area contributed by atoms with Gasteiger partial charge in [-0.2, -0.15) is 13.2 Å². The summed E-state index contributed by atoms with van der Waals surface area (Å²) in [5.74, 6) is -1.31. The molecule has 0 aromatic carbocycles. The number of hydrazine groups is 1. The average Bonchev–Trinajstić information content (AvgIpc) is 3.05. The molecule has 1 fully saturated rings. The van der Waals surface area contributed by atoms with Crippen LogP contribution in [0.5, 0.6) is 0 Å². The number of esters is 1. The molecule has 10 heteroatoms. The van der Waals surface area contributed by atoms with E-state index in [0.29, 0.717) is 13.0 Å². The molecular weight excluding hydrogens is 361 g/mol. The molecule has 0 spiro atoms. The number of anilines is 1. The molecule has 0 aliphatic carbocycles. The molecule has 1 aromatic rings. The van der Waals surface area contributed by atoms with Crippen molar-refractivity contribution in [1.29, 1.82) is 0 Å². The van der Waals surface area contributed by atoms with Crippen LogP contribution < -0.4 is 10.4 Å². The third-order valence-electron chi connectivity index (χ3n) is 3.91. The molecule has 5 nitrogen and oxygen atoms in total. The van der Waals surface area contributed by atoms with Crippen molar-refractivity contribution in [3.63, 3.8) is 0 Å². The average molecular weight is 381 g/mol. The summed E-state index contributed by atoms with van der Waals surface area (Å²) in [7, 11) is 0.988. The van der Waals surface area contributed by atoms with Gasteiger partial charge in [0.15, 0.2) is 5.69 Å². The van der Waals surface area contributed by atoms with Gasteiger partial charge < -0.3 is 9.75 Å². The van der Waals surface area contributed by atoms with Gasteiger partial charge in [-0.3, -0.25) is 0 Å². The van der Waals surface area contributed by atoms with E-state index in [1.807, 2.05) is 0 Å². The fourth-order valence-corrected chi connectivity index (χ4v) is 2.95. The Hall–Kier alpha value is -1.97. The lowest BCUT2D eigenvalue weighted by Crippen LogP contribution is -2.35. The molecule has 2 rings (SSSR count). The first kappa shape index (κ1) is 20.3. The van der Waals surface area contributed by atoms with Crippen LogP contribution in [0, 0.1) is 5.92 Å². The van der Waals surface area contributed by atoms with E-state index in [1.165, 1.54) is 5.01 Å². The number of ether oxygens (including phenoxy) is 1. The molecule has 0 radical (unpaired) electrons. The van der Waals surface area contributed by atoms with E-state index in [4.69, 9.17) is 0 Å². The van der Waals surface area contributed by atoms with E-state index in [1.54, 1.807) is 13.8 Å². The number of methoxy groups -OCH3 is 1. The minimum Gasteiger partial charge on any atom is -0.465 e. The van der Waals surface area contributed by atoms with Gasteiger partial charge in [-0.25, -0.2) is 24.0 Å². The minimum absolute atomic E-state index is 0.0106. The second kappa shape index (κ2) is 7.73. The minimum atomic E-state index is -4.95. The molecule has 1 aliphatic rings. The summed E-state index contributed by atoms with van der Waals surface area (Å²) in [6, 6.07) is 0. The van der Waals surface area contributed by atoms with Gasteiger partial charge in [0.05, 0.1) is 18.4 Å². The summed E-state index contributed by atoms with van der Waals surface area (Å²) in [6.45, 7) is 4.11. The molecule has 146 valence electrons. The van der Waals surface area contributed by atoms with Crippen molar-refractivity contribution in [1.82, 2.24) is 10.4 Å². The van der Waals surface area contributed by atoms with Crippen LogP contribution in [-0.2, 0) is 17.3 Å². The van der Waals surface area contributed by atoms with Crippen LogP contribution in [-0.4, -0.2) is 31.2 Å². The van der Waals surface area contributed by atoms with Gasteiger partial charge in [-0.1, -0.05) is 13.8 Å². The normalized spacial score (nSPS) is 15.2. The van der Waals surface area contributed by atoms with Gasteiger partial charge in [-0.15, -0.1) is 0 Å². The maximum absolute atomic E-state index is 13.6. The predicted molar refractivity (Wildman–Crippen MR) is 84.0 cm³/mol. The Morgan fingerprint density at radius 3 is 2.42 bits per heavy atom. The smallest absolute Gasteiger partial charge is 0.435 e. The number of aromatic nitrogens is 1. The number of hydrogen-bond donors (Lipinski definition) is 1. The maximum Gasteiger partial charge on any atom is 0.435 e. The summed E-state index contributed by atoms with van der Waals surface area (Å²) in [4.78, 5) is 15.3. The lowest BCUT2D eigenvalue weighted by Gasteiger charge is -2.28. The molecule has 0 atom stereocenters. The lowest BCUT2D eigenvalue weighted by atomic mass is 9.93. The number of alkyl halides is 5. The third-order valence-corrected chi connectivity index (χ3v) is 3.91. The van der Waals surface area contributed by atoms with Gasteiger partial charge in [0.2, 0.25) is 0 Å². The van der Waals surface area contributed by atoms with E-state index in [0.717, 1.165) is 7.11 Å². The summed E-state index contributed by atoms with van der Waals surface area (Å²) < 4.78 is 72.3. The van der Waals surface area contributed by atoms with Crippen molar-refractivity contribution in [2.24, 2.45) is 5.92 Å². The van der Waals surface area contributed by atoms with E-state index in [-0.39, 0.29) is 30.1 Å². The summed E-state index contributed by atoms with van der Waals surface area (Å²) >= 11 is 0. The molecule has 2 heterocycles. The topological polar surface area (TPSA) is 54.5 Å². The Bertz CT molecular complexity index is 671. The van der Waals surface area contributed by atoms with Gasteiger partial charge in [0, 0.05) is 13.1 Å². The van der Waals surface area contributed by atoms with Crippen LogP contribution in [0.15, 0.2) is 0 Å². The van der Waals surface area contributed by atoms with Crippen LogP contribution >= 0.6 is 0 Å². The molecule has 0 bridgehead atoms. The van der Waals surface area contributed by atoms with Crippen molar-refractivity contribution < 1.29 is 31.5 Å². The first-order valence-electron chi connectivity index (χ1n) is 8.09. The molecule has 0 unspecified atom stereocenters. The Labute approximate surface area is 147 Å². The van der Waals surface area contributed by atoms with E-state index >= 15 is 0 Å². The fourth-order valence-electron chi connectivity index (χ4n) is 2.95. The van der Waals surface area contributed by atoms with Gasteiger partial charge in [-0.05, 0) is 24.3 Å². The predicted octanol–water partition coefficient (Wildman–Crippen LogP) is 3.74. The summed E-state index contributed by atoms with van der Waals surface area (Å²) in [5.41, 5.74) is -0.943. The number of pyridine rings is 1. The number of rotatable bonds is 5. The van der Waals surface area contributed by atoms with Crippen molar-refractivity contribution >= 4 is 11.7 Å². The number of carbonyl (C=O) groups is 1. The second-order valence-corrected chi connectivity index (χ2v) is 6.35. The van der Waals surface area contributed by atoms with Crippen LogP contribution in [0.3, 0.4) is 0 Å². The van der Waals surface area contributed by atoms with Gasteiger partial charge in [0.1, 0.15) is 5.69 Å². The first-order chi connectivity index (χ1) is 12.1. The first-order valence-corrected chi connectivity index (χ1v) is 8.09. The highest BCUT2D eigenvalue weighted by molar-refractivity contribution is 5.94. The van der Waals surface area contributed by atoms with Gasteiger partial charge in [0.25, 0.3) is 6.43 Å². The van der Waals surface area contributed by atoms with E-state index in [2.05, 4.69) is 15.1 Å². The van der Waals surface area contributed by atoms with Crippen LogP contribution in [0.1, 0.15) is 54.0 Å². The van der Waals surface area contributed by atoms with Crippen molar-refractivity contribution in [3.05, 3.63) is 22.5 Å². The molecular formula is C16H20F5N3O2. The maximum atomic E-state index is 13.6. The number of halogens is 5. The highest BCUT2D eigenvalue weighted by Crippen LogP contribution is 2.42. The molecule has 0 saturated carbocycles. The molecule has 1 saturated heterocycles. The number of nitrogens with one attached hydrogen (secondary N) is 1. The Balaban J connectivity index is 2.89. The highest BCUT2D eigenvalue weighted by Gasteiger charge is 2.42. The van der Waals surface area contributed by atoms with E-state index < -0.39 is 35.5 Å². The zero-order valence-electron chi connectivity index (χ0n) is 14.6. The number of carbonyl (C=O) groups excluding carboxylic acids is 1. The third kappa shape index (κ3) is 4.05. The quantitative estimate of drug-likeness (QED) is 0.622. The number of hydrogen-bond acceptors (Lipinski definition) is 5. The fraction of sp³-hybridized carbons (Fsp3) is 0.625. The van der Waals surface area contributed by atoms with Crippen molar-refractivity contribution in [3.8, 4) is 0 Å². The molecule has 1 N–H and O–H groups in total. The number of nitrogens with zero attached hydrogens (tertiary/aromatic N) is 2. The lowest BCUT2D eigenvalue weighted by molar-refractivity contribution is -0.141.